The summed E-state index contributed by atoms with van der Waals surface area (Å²) in [6, 6.07) is 7.51. The van der Waals surface area contributed by atoms with Crippen molar-refractivity contribution in [2.24, 2.45) is 5.73 Å². The van der Waals surface area contributed by atoms with Crippen molar-refractivity contribution in [3.8, 4) is 0 Å². The van der Waals surface area contributed by atoms with Crippen LogP contribution < -0.4 is 11.1 Å². The summed E-state index contributed by atoms with van der Waals surface area (Å²) in [7, 11) is -4.32. The summed E-state index contributed by atoms with van der Waals surface area (Å²) in [4.78, 5) is 26.5. The number of halogens is 3. The number of nitrogens with two attached hydrogens (primary N) is 1. The quantitative estimate of drug-likeness (QED) is 0.655. The van der Waals surface area contributed by atoms with Crippen LogP contribution in [0.15, 0.2) is 47.4 Å². The zero-order valence-electron chi connectivity index (χ0n) is 16.1. The molecule has 0 radical (unpaired) electrons. The minimum absolute atomic E-state index is 0.0597. The fourth-order valence-electron chi connectivity index (χ4n) is 3.16. The van der Waals surface area contributed by atoms with E-state index >= 15 is 0 Å². The second-order valence-corrected chi connectivity index (χ2v) is 8.95. The molecule has 0 aliphatic carbocycles. The molecule has 0 saturated carbocycles. The van der Waals surface area contributed by atoms with Crippen molar-refractivity contribution >= 4 is 33.4 Å². The molecule has 8 nitrogen and oxygen atoms in total. The monoisotopic (exact) mass is 472 g/mol. The number of hydrogen-bond acceptors (Lipinski definition) is 5. The van der Waals surface area contributed by atoms with Crippen LogP contribution in [0.4, 0.5) is 8.78 Å². The SMILES string of the molecule is NCCNC(=O)C1N(C(=O)c2ccc(F)cc2)CCN1S(=O)(=O)c1ccc(F)c(Cl)c1. The topological polar surface area (TPSA) is 113 Å². The normalized spacial score (nSPS) is 17.0. The highest BCUT2D eigenvalue weighted by atomic mass is 35.5. The Morgan fingerprint density at radius 3 is 2.42 bits per heavy atom. The van der Waals surface area contributed by atoms with Gasteiger partial charge in [-0.15, -0.1) is 0 Å². The van der Waals surface area contributed by atoms with Crippen molar-refractivity contribution in [3.63, 3.8) is 0 Å². The van der Waals surface area contributed by atoms with Crippen LogP contribution in [0.3, 0.4) is 0 Å². The van der Waals surface area contributed by atoms with E-state index < -0.39 is 44.7 Å². The molecule has 166 valence electrons. The fraction of sp³-hybridized carbons (Fsp3) is 0.263. The van der Waals surface area contributed by atoms with Gasteiger partial charge in [0.2, 0.25) is 10.0 Å². The van der Waals surface area contributed by atoms with Crippen molar-refractivity contribution in [1.29, 1.82) is 0 Å². The molecule has 1 fully saturated rings. The van der Waals surface area contributed by atoms with Crippen molar-refractivity contribution in [1.82, 2.24) is 14.5 Å². The van der Waals surface area contributed by atoms with E-state index in [1.54, 1.807) is 0 Å². The molecule has 1 heterocycles. The predicted octanol–water partition coefficient (Wildman–Crippen LogP) is 1.17. The largest absolute Gasteiger partial charge is 0.352 e. The first-order valence-corrected chi connectivity index (χ1v) is 11.0. The van der Waals surface area contributed by atoms with Crippen molar-refractivity contribution in [3.05, 3.63) is 64.7 Å². The zero-order chi connectivity index (χ0) is 22.8. The van der Waals surface area contributed by atoms with Gasteiger partial charge in [0.1, 0.15) is 11.6 Å². The van der Waals surface area contributed by atoms with Crippen LogP contribution in [0.5, 0.6) is 0 Å². The summed E-state index contributed by atoms with van der Waals surface area (Å²) in [5, 5.41) is 2.08. The predicted molar refractivity (Wildman–Crippen MR) is 109 cm³/mol. The average Bonchev–Trinajstić information content (AvgIpc) is 3.20. The van der Waals surface area contributed by atoms with Gasteiger partial charge in [-0.1, -0.05) is 11.6 Å². The Bertz CT molecular complexity index is 1100. The van der Waals surface area contributed by atoms with Crippen LogP contribution in [0.25, 0.3) is 0 Å². The van der Waals surface area contributed by atoms with Gasteiger partial charge in [-0.25, -0.2) is 17.2 Å². The molecule has 1 atom stereocenters. The lowest BCUT2D eigenvalue weighted by Crippen LogP contribution is -2.54. The number of rotatable bonds is 6. The third kappa shape index (κ3) is 4.69. The summed E-state index contributed by atoms with van der Waals surface area (Å²) >= 11 is 5.72. The van der Waals surface area contributed by atoms with Crippen molar-refractivity contribution in [2.75, 3.05) is 26.2 Å². The molecule has 31 heavy (non-hydrogen) atoms. The van der Waals surface area contributed by atoms with Crippen LogP contribution in [0, 0.1) is 11.6 Å². The van der Waals surface area contributed by atoms with Crippen molar-refractivity contribution < 1.29 is 26.8 Å². The van der Waals surface area contributed by atoms with E-state index in [0.717, 1.165) is 39.5 Å². The third-order valence-electron chi connectivity index (χ3n) is 4.66. The molecule has 1 aliphatic heterocycles. The summed E-state index contributed by atoms with van der Waals surface area (Å²) in [6.45, 7) is -0.120. The molecule has 0 bridgehead atoms. The summed E-state index contributed by atoms with van der Waals surface area (Å²) < 4.78 is 53.9. The van der Waals surface area contributed by atoms with Gasteiger partial charge in [0.15, 0.2) is 6.17 Å². The highest BCUT2D eigenvalue weighted by molar-refractivity contribution is 7.89. The summed E-state index contributed by atoms with van der Waals surface area (Å²) in [5.41, 5.74) is 5.49. The molecule has 2 aromatic carbocycles. The zero-order valence-corrected chi connectivity index (χ0v) is 17.7. The number of nitrogens with one attached hydrogen (secondary N) is 1. The number of carbonyl (C=O) groups is 2. The van der Waals surface area contributed by atoms with E-state index in [2.05, 4.69) is 5.32 Å². The highest BCUT2D eigenvalue weighted by Gasteiger charge is 2.46. The maximum Gasteiger partial charge on any atom is 0.259 e. The van der Waals surface area contributed by atoms with Crippen LogP contribution in [0.2, 0.25) is 5.02 Å². The highest BCUT2D eigenvalue weighted by Crippen LogP contribution is 2.28. The molecule has 3 N–H and O–H groups in total. The van der Waals surface area contributed by atoms with Crippen LogP contribution >= 0.6 is 11.6 Å². The minimum Gasteiger partial charge on any atom is -0.352 e. The van der Waals surface area contributed by atoms with E-state index in [9.17, 15) is 26.8 Å². The lowest BCUT2D eigenvalue weighted by Gasteiger charge is -2.28. The molecule has 1 saturated heterocycles. The molecule has 2 amide bonds. The Hall–Kier alpha value is -2.60. The summed E-state index contributed by atoms with van der Waals surface area (Å²) in [5.74, 6) is -2.75. The van der Waals surface area contributed by atoms with Gasteiger partial charge in [-0.2, -0.15) is 4.31 Å². The Morgan fingerprint density at radius 2 is 1.81 bits per heavy atom. The molecular weight excluding hydrogens is 454 g/mol. The third-order valence-corrected chi connectivity index (χ3v) is 6.80. The number of carbonyl (C=O) groups excluding carboxylic acids is 2. The van der Waals surface area contributed by atoms with Crippen LogP contribution in [-0.2, 0) is 14.8 Å². The van der Waals surface area contributed by atoms with Gasteiger partial charge in [-0.05, 0) is 42.5 Å². The van der Waals surface area contributed by atoms with Gasteiger partial charge in [-0.3, -0.25) is 9.59 Å². The van der Waals surface area contributed by atoms with Gasteiger partial charge in [0.25, 0.3) is 11.8 Å². The summed E-state index contributed by atoms with van der Waals surface area (Å²) in [6.07, 6.45) is -1.52. The Morgan fingerprint density at radius 1 is 1.13 bits per heavy atom. The second kappa shape index (κ2) is 9.27. The molecule has 2 aromatic rings. The molecule has 1 aliphatic rings. The van der Waals surface area contributed by atoms with Gasteiger partial charge < -0.3 is 16.0 Å². The number of nitrogens with zero attached hydrogens (tertiary/aromatic N) is 2. The number of amides is 2. The van der Waals surface area contributed by atoms with Crippen LogP contribution in [-0.4, -0.2) is 61.8 Å². The maximum atomic E-state index is 13.5. The Kier molecular flexibility index (Phi) is 6.90. The van der Waals surface area contributed by atoms with Crippen LogP contribution in [0.1, 0.15) is 10.4 Å². The van der Waals surface area contributed by atoms with Gasteiger partial charge in [0.05, 0.1) is 9.92 Å². The van der Waals surface area contributed by atoms with E-state index in [4.69, 9.17) is 17.3 Å². The van der Waals surface area contributed by atoms with Crippen molar-refractivity contribution in [2.45, 2.75) is 11.1 Å². The standard InChI is InChI=1S/C19H19ClF2N4O4S/c20-15-11-14(5-6-16(15)22)31(29,30)26-10-9-25(18(26)17(27)24-8-7-23)19(28)12-1-3-13(21)4-2-12/h1-6,11,18H,7-10,23H2,(H,24,27). The van der Waals surface area contributed by atoms with E-state index in [-0.39, 0.29) is 36.6 Å². The average molecular weight is 473 g/mol. The van der Waals surface area contributed by atoms with Gasteiger partial charge >= 0.3 is 0 Å². The molecular formula is C19H19ClF2N4O4S. The minimum atomic E-state index is -4.32. The van der Waals surface area contributed by atoms with Gasteiger partial charge in [0, 0.05) is 31.7 Å². The molecule has 3 rings (SSSR count). The van der Waals surface area contributed by atoms with E-state index in [1.807, 2.05) is 0 Å². The first kappa shape index (κ1) is 23.1. The first-order valence-electron chi connectivity index (χ1n) is 9.18. The smallest absolute Gasteiger partial charge is 0.259 e. The number of benzene rings is 2. The molecule has 0 aromatic heterocycles. The number of hydrogen-bond donors (Lipinski definition) is 2. The van der Waals surface area contributed by atoms with E-state index in [0.29, 0.717) is 0 Å². The molecule has 12 heteroatoms. The fourth-order valence-corrected chi connectivity index (χ4v) is 4.98. The Balaban J connectivity index is 1.99. The van der Waals surface area contributed by atoms with E-state index in [1.165, 1.54) is 12.1 Å². The Labute approximate surface area is 182 Å². The first-order chi connectivity index (χ1) is 14.7. The molecule has 1 unspecified atom stereocenters. The lowest BCUT2D eigenvalue weighted by atomic mass is 10.2. The lowest BCUT2D eigenvalue weighted by molar-refractivity contribution is -0.127. The molecule has 0 spiro atoms. The maximum absolute atomic E-state index is 13.5. The second-order valence-electron chi connectivity index (χ2n) is 6.65. The number of sulfonamides is 1.